The molecule has 0 bridgehead atoms. The summed E-state index contributed by atoms with van der Waals surface area (Å²) < 4.78 is 16.9. The van der Waals surface area contributed by atoms with Crippen molar-refractivity contribution in [2.45, 2.75) is 309 Å². The normalized spacial score (nSPS) is 13.0. The van der Waals surface area contributed by atoms with Crippen LogP contribution in [0.3, 0.4) is 0 Å². The van der Waals surface area contributed by atoms with Gasteiger partial charge in [-0.15, -0.1) is 0 Å². The molecular weight excluding hydrogens is 997 g/mol. The Hall–Kier alpha value is -4.45. The molecule has 0 aliphatic heterocycles. The minimum absolute atomic E-state index is 0.103. The van der Waals surface area contributed by atoms with Gasteiger partial charge >= 0.3 is 17.9 Å². The third-order valence-electron chi connectivity index (χ3n) is 14.1. The zero-order chi connectivity index (χ0) is 58.5. The summed E-state index contributed by atoms with van der Waals surface area (Å²) in [4.78, 5) is 38.4. The Labute approximate surface area is 500 Å². The van der Waals surface area contributed by atoms with Crippen LogP contribution in [0, 0.1) is 0 Å². The van der Waals surface area contributed by atoms with Crippen molar-refractivity contribution in [3.63, 3.8) is 0 Å². The topological polar surface area (TPSA) is 78.9 Å². The van der Waals surface area contributed by atoms with E-state index in [2.05, 4.69) is 154 Å². The summed E-state index contributed by atoms with van der Waals surface area (Å²) in [6.45, 7) is 6.38. The van der Waals surface area contributed by atoms with Crippen LogP contribution in [0.1, 0.15) is 303 Å². The molecule has 0 fully saturated rings. The average molecular weight is 1120 g/mol. The Morgan fingerprint density at radius 1 is 0.259 bits per heavy atom. The maximum Gasteiger partial charge on any atom is 0.306 e. The van der Waals surface area contributed by atoms with Crippen LogP contribution in [-0.4, -0.2) is 37.2 Å². The van der Waals surface area contributed by atoms with Gasteiger partial charge in [0.2, 0.25) is 0 Å². The average Bonchev–Trinajstić information content (AvgIpc) is 3.47. The molecule has 81 heavy (non-hydrogen) atoms. The minimum Gasteiger partial charge on any atom is -0.462 e. The van der Waals surface area contributed by atoms with E-state index in [-0.39, 0.29) is 37.5 Å². The Kier molecular flexibility index (Phi) is 64.3. The lowest BCUT2D eigenvalue weighted by Gasteiger charge is -2.18. The van der Waals surface area contributed by atoms with Gasteiger partial charge in [-0.05, 0) is 128 Å². The number of carbonyl (C=O) groups excluding carboxylic acids is 3. The van der Waals surface area contributed by atoms with Crippen molar-refractivity contribution in [2.75, 3.05) is 13.2 Å². The summed E-state index contributed by atoms with van der Waals surface area (Å²) in [5.74, 6) is -0.965. The van der Waals surface area contributed by atoms with E-state index in [0.717, 1.165) is 116 Å². The molecule has 460 valence electrons. The molecule has 6 nitrogen and oxygen atoms in total. The number of hydrogen-bond acceptors (Lipinski definition) is 6. The van der Waals surface area contributed by atoms with Crippen LogP contribution in [0.4, 0.5) is 0 Å². The quantitative estimate of drug-likeness (QED) is 0.0261. The van der Waals surface area contributed by atoms with E-state index in [9.17, 15) is 14.4 Å². The van der Waals surface area contributed by atoms with Crippen molar-refractivity contribution in [2.24, 2.45) is 0 Å². The second kappa shape index (κ2) is 68.1. The zero-order valence-electron chi connectivity index (χ0n) is 52.8. The second-order valence-corrected chi connectivity index (χ2v) is 22.0. The summed E-state index contributed by atoms with van der Waals surface area (Å²) in [5.41, 5.74) is 0. The van der Waals surface area contributed by atoms with Gasteiger partial charge in [-0.3, -0.25) is 14.4 Å². The molecule has 6 heteroatoms. The molecule has 0 amide bonds. The highest BCUT2D eigenvalue weighted by molar-refractivity contribution is 5.71. The fourth-order valence-electron chi connectivity index (χ4n) is 9.15. The van der Waals surface area contributed by atoms with Crippen LogP contribution >= 0.6 is 0 Å². The maximum absolute atomic E-state index is 12.9. The summed E-state index contributed by atoms with van der Waals surface area (Å²) in [6.07, 6.45) is 96.1. The molecule has 0 aliphatic carbocycles. The first kappa shape index (κ1) is 76.5. The van der Waals surface area contributed by atoms with Gasteiger partial charge in [-0.25, -0.2) is 0 Å². The van der Waals surface area contributed by atoms with Gasteiger partial charge in [0.15, 0.2) is 6.10 Å². The van der Waals surface area contributed by atoms with Gasteiger partial charge in [0.1, 0.15) is 13.2 Å². The van der Waals surface area contributed by atoms with Gasteiger partial charge < -0.3 is 14.2 Å². The molecule has 0 saturated carbocycles. The number of hydrogen-bond donors (Lipinski definition) is 0. The van der Waals surface area contributed by atoms with E-state index in [0.29, 0.717) is 19.3 Å². The fraction of sp³-hybridized carbons (Fsp3) is 0.667. The van der Waals surface area contributed by atoms with Crippen LogP contribution in [0.15, 0.2) is 134 Å². The monoisotopic (exact) mass is 1120 g/mol. The van der Waals surface area contributed by atoms with Crippen LogP contribution < -0.4 is 0 Å². The van der Waals surface area contributed by atoms with Crippen molar-refractivity contribution >= 4 is 17.9 Å². The number of allylic oxidation sites excluding steroid dienone is 22. The van der Waals surface area contributed by atoms with Crippen molar-refractivity contribution in [1.82, 2.24) is 0 Å². The number of unbranched alkanes of at least 4 members (excludes halogenated alkanes) is 27. The molecule has 0 aromatic carbocycles. The lowest BCUT2D eigenvalue weighted by atomic mass is 10.1. The molecule has 0 saturated heterocycles. The van der Waals surface area contributed by atoms with Crippen molar-refractivity contribution in [1.29, 1.82) is 0 Å². The molecule has 0 aromatic rings. The predicted molar refractivity (Wildman–Crippen MR) is 353 cm³/mol. The van der Waals surface area contributed by atoms with Gasteiger partial charge in [0.05, 0.1) is 0 Å². The third kappa shape index (κ3) is 66.2. The molecule has 0 aliphatic rings. The molecule has 0 rings (SSSR count). The van der Waals surface area contributed by atoms with Gasteiger partial charge in [0, 0.05) is 19.3 Å². The van der Waals surface area contributed by atoms with Crippen LogP contribution in [-0.2, 0) is 28.6 Å². The first-order valence-corrected chi connectivity index (χ1v) is 33.7. The molecule has 0 spiro atoms. The minimum atomic E-state index is -0.811. The van der Waals surface area contributed by atoms with E-state index in [1.165, 1.54) is 141 Å². The fourth-order valence-corrected chi connectivity index (χ4v) is 9.15. The summed E-state index contributed by atoms with van der Waals surface area (Å²) in [5, 5.41) is 0. The van der Waals surface area contributed by atoms with E-state index in [4.69, 9.17) is 14.2 Å². The third-order valence-corrected chi connectivity index (χ3v) is 14.1. The summed E-state index contributed by atoms with van der Waals surface area (Å²) >= 11 is 0. The molecule has 0 radical (unpaired) electrons. The van der Waals surface area contributed by atoms with Gasteiger partial charge in [-0.2, -0.15) is 0 Å². The molecule has 0 heterocycles. The first-order chi connectivity index (χ1) is 40.0. The summed E-state index contributed by atoms with van der Waals surface area (Å²) in [6, 6.07) is 0. The standard InChI is InChI=1S/C75H124O6/c1-4-7-10-13-16-19-22-25-28-31-33-35-36-37-38-40-41-44-47-50-53-56-59-62-65-68-74(77)80-71-72(70-79-73(76)67-64-61-58-55-52-49-46-43-30-27-24-21-18-15-12-9-6-3)81-75(78)69-66-63-60-57-54-51-48-45-42-39-34-32-29-26-23-20-17-14-11-8-5-2/h7,9-10,12,16,18-19,21,25,27-28,30,32-35,37-38,46,49,55,58,72H,4-6,8,11,13-15,17,20,22-24,26,29,31,36,39-45,47-48,50-54,56-57,59-71H2,1-3H3/b10-7-,12-9-,19-16-,21-18-,28-25-,30-27-,34-32-,35-33-,38-37-,49-46-,58-55-. The second-order valence-electron chi connectivity index (χ2n) is 22.0. The van der Waals surface area contributed by atoms with E-state index >= 15 is 0 Å². The lowest BCUT2D eigenvalue weighted by molar-refractivity contribution is -0.167. The highest BCUT2D eigenvalue weighted by atomic mass is 16.6. The van der Waals surface area contributed by atoms with Crippen LogP contribution in [0.5, 0.6) is 0 Å². The van der Waals surface area contributed by atoms with Crippen molar-refractivity contribution in [3.8, 4) is 0 Å². The van der Waals surface area contributed by atoms with E-state index < -0.39 is 6.10 Å². The zero-order valence-corrected chi connectivity index (χ0v) is 52.8. The SMILES string of the molecule is CC/C=C\C/C=C\C/C=C\C/C=C\C/C=C\CCCCCCCCCCCC(=O)OCC(COC(=O)CCC/C=C\C/C=C\C/C=C\C/C=C\C/C=C\CC)OC(=O)CCCCCCCCCCC/C=C\CCCCCCCCCC. The van der Waals surface area contributed by atoms with E-state index in [1.54, 1.807) is 0 Å². The molecule has 0 N–H and O–H groups in total. The smallest absolute Gasteiger partial charge is 0.306 e. The number of rotatable bonds is 60. The molecule has 1 atom stereocenters. The highest BCUT2D eigenvalue weighted by Gasteiger charge is 2.19. The molecule has 1 unspecified atom stereocenters. The number of ether oxygens (including phenoxy) is 3. The Morgan fingerprint density at radius 3 is 0.815 bits per heavy atom. The maximum atomic E-state index is 12.9. The van der Waals surface area contributed by atoms with E-state index in [1.807, 2.05) is 0 Å². The Balaban J connectivity index is 4.45. The van der Waals surface area contributed by atoms with Crippen molar-refractivity contribution in [3.05, 3.63) is 134 Å². The number of carbonyl (C=O) groups is 3. The summed E-state index contributed by atoms with van der Waals surface area (Å²) in [7, 11) is 0. The molecular formula is C75H124O6. The van der Waals surface area contributed by atoms with Crippen LogP contribution in [0.25, 0.3) is 0 Å². The van der Waals surface area contributed by atoms with Gasteiger partial charge in [-0.1, -0.05) is 289 Å². The lowest BCUT2D eigenvalue weighted by Crippen LogP contribution is -2.30. The Bertz CT molecular complexity index is 1720. The highest BCUT2D eigenvalue weighted by Crippen LogP contribution is 2.16. The largest absolute Gasteiger partial charge is 0.462 e. The van der Waals surface area contributed by atoms with Gasteiger partial charge in [0.25, 0.3) is 0 Å². The molecule has 0 aromatic heterocycles. The van der Waals surface area contributed by atoms with Crippen LogP contribution in [0.2, 0.25) is 0 Å². The predicted octanol–water partition coefficient (Wildman–Crippen LogP) is 23.3. The first-order valence-electron chi connectivity index (χ1n) is 33.7. The van der Waals surface area contributed by atoms with Crippen molar-refractivity contribution < 1.29 is 28.6 Å². The number of esters is 3. The Morgan fingerprint density at radius 2 is 0.494 bits per heavy atom.